The van der Waals surface area contributed by atoms with Gasteiger partial charge in [-0.1, -0.05) is 12.1 Å². The van der Waals surface area contributed by atoms with Crippen molar-refractivity contribution < 1.29 is 9.53 Å². The van der Waals surface area contributed by atoms with Crippen molar-refractivity contribution in [2.75, 3.05) is 46.1 Å². The van der Waals surface area contributed by atoms with Crippen molar-refractivity contribution in [1.82, 2.24) is 14.8 Å². The number of likely N-dealkylation sites (tertiary alicyclic amines) is 1. The molecule has 0 aliphatic carbocycles. The summed E-state index contributed by atoms with van der Waals surface area (Å²) in [4.78, 5) is 22.0. The van der Waals surface area contributed by atoms with Crippen LogP contribution in [0.3, 0.4) is 0 Å². The Morgan fingerprint density at radius 2 is 1.86 bits per heavy atom. The van der Waals surface area contributed by atoms with E-state index in [9.17, 15) is 4.79 Å². The van der Waals surface area contributed by atoms with Crippen LogP contribution in [0.25, 0.3) is 0 Å². The monoisotopic (exact) mass is 413 g/mol. The van der Waals surface area contributed by atoms with Gasteiger partial charge < -0.3 is 14.5 Å². The molecule has 5 nitrogen and oxygen atoms in total. The molecule has 3 rings (SSSR count). The lowest BCUT2D eigenvalue weighted by Gasteiger charge is -2.34. The molecule has 0 spiro atoms. The van der Waals surface area contributed by atoms with Crippen molar-refractivity contribution in [3.8, 4) is 5.75 Å². The minimum atomic E-state index is 0.203. The first-order valence-electron chi connectivity index (χ1n) is 10.3. The standard InChI is InChI=1S/C23H31N3O2S/c1-25(23(27)18-29-22-7-12-24-13-8-22)17-20-10-15-26(16-11-20)14-9-19-3-5-21(28-2)6-4-19/h3-8,12-13,20H,9-11,14-18H2,1-2H3. The van der Waals surface area contributed by atoms with Crippen LogP contribution in [0.5, 0.6) is 5.75 Å². The van der Waals surface area contributed by atoms with E-state index in [1.54, 1.807) is 31.3 Å². The minimum Gasteiger partial charge on any atom is -0.497 e. The number of aromatic nitrogens is 1. The average Bonchev–Trinajstić information content (AvgIpc) is 2.78. The zero-order valence-corrected chi connectivity index (χ0v) is 18.2. The quantitative estimate of drug-likeness (QED) is 0.588. The predicted molar refractivity (Wildman–Crippen MR) is 118 cm³/mol. The summed E-state index contributed by atoms with van der Waals surface area (Å²) >= 11 is 1.58. The van der Waals surface area contributed by atoms with Gasteiger partial charge in [0.1, 0.15) is 5.75 Å². The number of thioether (sulfide) groups is 1. The van der Waals surface area contributed by atoms with Gasteiger partial charge in [-0.15, -0.1) is 11.8 Å². The van der Waals surface area contributed by atoms with E-state index in [4.69, 9.17) is 4.74 Å². The molecule has 1 aromatic heterocycles. The van der Waals surface area contributed by atoms with Gasteiger partial charge in [-0.3, -0.25) is 9.78 Å². The molecule has 1 aliphatic rings. The van der Waals surface area contributed by atoms with Crippen LogP contribution >= 0.6 is 11.8 Å². The number of carbonyl (C=O) groups is 1. The molecule has 1 aromatic carbocycles. The van der Waals surface area contributed by atoms with Crippen molar-refractivity contribution >= 4 is 17.7 Å². The molecule has 0 unspecified atom stereocenters. The van der Waals surface area contributed by atoms with E-state index in [1.807, 2.05) is 36.2 Å². The highest BCUT2D eigenvalue weighted by molar-refractivity contribution is 8.00. The van der Waals surface area contributed by atoms with Gasteiger partial charge in [-0.25, -0.2) is 0 Å². The third-order valence-electron chi connectivity index (χ3n) is 5.55. The normalized spacial score (nSPS) is 15.2. The van der Waals surface area contributed by atoms with E-state index in [1.165, 1.54) is 5.56 Å². The molecule has 156 valence electrons. The first-order chi connectivity index (χ1) is 14.1. The molecule has 1 amide bonds. The molecule has 2 aromatic rings. The highest BCUT2D eigenvalue weighted by Crippen LogP contribution is 2.21. The highest BCUT2D eigenvalue weighted by atomic mass is 32.2. The van der Waals surface area contributed by atoms with Gasteiger partial charge in [-0.05, 0) is 68.1 Å². The molecule has 0 radical (unpaired) electrons. The van der Waals surface area contributed by atoms with Gasteiger partial charge in [0.2, 0.25) is 5.91 Å². The number of nitrogens with zero attached hydrogens (tertiary/aromatic N) is 3. The molecule has 1 saturated heterocycles. The first-order valence-corrected chi connectivity index (χ1v) is 11.2. The Morgan fingerprint density at radius 1 is 1.17 bits per heavy atom. The highest BCUT2D eigenvalue weighted by Gasteiger charge is 2.22. The lowest BCUT2D eigenvalue weighted by atomic mass is 9.96. The second kappa shape index (κ2) is 11.2. The van der Waals surface area contributed by atoms with E-state index in [0.717, 1.165) is 56.1 Å². The van der Waals surface area contributed by atoms with Crippen LogP contribution in [-0.2, 0) is 11.2 Å². The average molecular weight is 414 g/mol. The summed E-state index contributed by atoms with van der Waals surface area (Å²) in [6, 6.07) is 12.2. The molecule has 0 atom stereocenters. The number of hydrogen-bond donors (Lipinski definition) is 0. The molecular weight excluding hydrogens is 382 g/mol. The van der Waals surface area contributed by atoms with Crippen LogP contribution in [0.15, 0.2) is 53.7 Å². The fraction of sp³-hybridized carbons (Fsp3) is 0.478. The minimum absolute atomic E-state index is 0.203. The number of ether oxygens (including phenoxy) is 1. The van der Waals surface area contributed by atoms with E-state index >= 15 is 0 Å². The summed E-state index contributed by atoms with van der Waals surface area (Å²) < 4.78 is 5.22. The predicted octanol–water partition coefficient (Wildman–Crippen LogP) is 3.60. The molecular formula is C23H31N3O2S. The van der Waals surface area contributed by atoms with E-state index in [-0.39, 0.29) is 5.91 Å². The zero-order valence-electron chi connectivity index (χ0n) is 17.4. The smallest absolute Gasteiger partial charge is 0.232 e. The summed E-state index contributed by atoms with van der Waals surface area (Å²) in [5.74, 6) is 2.20. The van der Waals surface area contributed by atoms with Crippen LogP contribution in [0, 0.1) is 5.92 Å². The zero-order chi connectivity index (χ0) is 20.5. The molecule has 1 fully saturated rings. The Labute approximate surface area is 178 Å². The lowest BCUT2D eigenvalue weighted by molar-refractivity contribution is -0.127. The number of pyridine rings is 1. The van der Waals surface area contributed by atoms with Crippen LogP contribution in [-0.4, -0.2) is 66.8 Å². The van der Waals surface area contributed by atoms with Gasteiger partial charge in [0.15, 0.2) is 0 Å². The maximum atomic E-state index is 12.4. The third kappa shape index (κ3) is 7.05. The number of hydrogen-bond acceptors (Lipinski definition) is 5. The Kier molecular flexibility index (Phi) is 8.38. The van der Waals surface area contributed by atoms with Crippen molar-refractivity contribution in [1.29, 1.82) is 0 Å². The molecule has 0 bridgehead atoms. The lowest BCUT2D eigenvalue weighted by Crippen LogP contribution is -2.40. The summed E-state index contributed by atoms with van der Waals surface area (Å²) in [6.45, 7) is 4.20. The van der Waals surface area contributed by atoms with Gasteiger partial charge in [-0.2, -0.15) is 0 Å². The van der Waals surface area contributed by atoms with Crippen LogP contribution < -0.4 is 4.74 Å². The van der Waals surface area contributed by atoms with E-state index < -0.39 is 0 Å². The second-order valence-electron chi connectivity index (χ2n) is 7.63. The number of amides is 1. The largest absolute Gasteiger partial charge is 0.497 e. The van der Waals surface area contributed by atoms with Crippen LogP contribution in [0.4, 0.5) is 0 Å². The van der Waals surface area contributed by atoms with Crippen LogP contribution in [0.1, 0.15) is 18.4 Å². The number of benzene rings is 1. The maximum absolute atomic E-state index is 12.4. The SMILES string of the molecule is COc1ccc(CCN2CCC(CN(C)C(=O)CSc3ccncc3)CC2)cc1. The number of rotatable bonds is 9. The second-order valence-corrected chi connectivity index (χ2v) is 8.68. The van der Waals surface area contributed by atoms with Crippen molar-refractivity contribution in [3.05, 3.63) is 54.4 Å². The molecule has 0 saturated carbocycles. The number of carbonyl (C=O) groups excluding carboxylic acids is 1. The fourth-order valence-corrected chi connectivity index (χ4v) is 4.48. The maximum Gasteiger partial charge on any atom is 0.232 e. The van der Waals surface area contributed by atoms with E-state index in [2.05, 4.69) is 22.0 Å². The summed E-state index contributed by atoms with van der Waals surface area (Å²) in [5, 5.41) is 0. The van der Waals surface area contributed by atoms with Crippen molar-refractivity contribution in [2.24, 2.45) is 5.92 Å². The summed E-state index contributed by atoms with van der Waals surface area (Å²) in [7, 11) is 3.63. The molecule has 2 heterocycles. The van der Waals surface area contributed by atoms with Crippen LogP contribution in [0.2, 0.25) is 0 Å². The molecule has 6 heteroatoms. The Balaban J connectivity index is 1.33. The molecule has 0 N–H and O–H groups in total. The fourth-order valence-electron chi connectivity index (χ4n) is 3.65. The molecule has 29 heavy (non-hydrogen) atoms. The topological polar surface area (TPSA) is 45.7 Å². The van der Waals surface area contributed by atoms with Gasteiger partial charge in [0.25, 0.3) is 0 Å². The van der Waals surface area contributed by atoms with Crippen molar-refractivity contribution in [3.63, 3.8) is 0 Å². The van der Waals surface area contributed by atoms with Gasteiger partial charge >= 0.3 is 0 Å². The Hall–Kier alpha value is -2.05. The van der Waals surface area contributed by atoms with Gasteiger partial charge in [0.05, 0.1) is 12.9 Å². The Bertz CT molecular complexity index is 746. The van der Waals surface area contributed by atoms with E-state index in [0.29, 0.717) is 11.7 Å². The third-order valence-corrected chi connectivity index (χ3v) is 6.55. The van der Waals surface area contributed by atoms with Crippen molar-refractivity contribution in [2.45, 2.75) is 24.2 Å². The summed E-state index contributed by atoms with van der Waals surface area (Å²) in [6.07, 6.45) is 6.92. The Morgan fingerprint density at radius 3 is 2.52 bits per heavy atom. The molecule has 1 aliphatic heterocycles. The number of piperidine rings is 1. The summed E-state index contributed by atoms with van der Waals surface area (Å²) in [5.41, 5.74) is 1.35. The number of methoxy groups -OCH3 is 1. The first kappa shape index (κ1) is 21.7. The van der Waals surface area contributed by atoms with Gasteiger partial charge in [0, 0.05) is 37.4 Å².